The molecule has 0 fully saturated rings. The Hall–Kier alpha value is -2.82. The van der Waals surface area contributed by atoms with Crippen LogP contribution in [0.25, 0.3) is 0 Å². The van der Waals surface area contributed by atoms with Gasteiger partial charge in [0.2, 0.25) is 0 Å². The van der Waals surface area contributed by atoms with Crippen LogP contribution >= 0.6 is 0 Å². The summed E-state index contributed by atoms with van der Waals surface area (Å²) >= 11 is 0. The highest BCUT2D eigenvalue weighted by Gasteiger charge is 2.43. The highest BCUT2D eigenvalue weighted by atomic mass is 16.5. The van der Waals surface area contributed by atoms with Crippen molar-refractivity contribution in [1.82, 2.24) is 4.90 Å². The van der Waals surface area contributed by atoms with Gasteiger partial charge >= 0.3 is 0 Å². The van der Waals surface area contributed by atoms with Crippen molar-refractivity contribution in [2.24, 2.45) is 0 Å². The zero-order valence-electron chi connectivity index (χ0n) is 18.8. The first-order valence-electron chi connectivity index (χ1n) is 11.2. The molecule has 0 aromatic heterocycles. The van der Waals surface area contributed by atoms with Gasteiger partial charge in [-0.3, -0.25) is 9.59 Å². The predicted molar refractivity (Wildman–Crippen MR) is 120 cm³/mol. The van der Waals surface area contributed by atoms with E-state index in [1.807, 2.05) is 12.1 Å². The molecule has 5 nitrogen and oxygen atoms in total. The maximum atomic E-state index is 13.3. The minimum absolute atomic E-state index is 0.162. The number of rotatable bonds is 6. The third-order valence-corrected chi connectivity index (χ3v) is 6.68. The minimum atomic E-state index is -0.336. The summed E-state index contributed by atoms with van der Waals surface area (Å²) in [7, 11) is 3.24. The molecule has 2 aliphatic carbocycles. The van der Waals surface area contributed by atoms with Gasteiger partial charge in [0.1, 0.15) is 0 Å². The molecular weight excluding hydrogens is 390 g/mol. The average Bonchev–Trinajstić information content (AvgIpc) is 2.77. The number of Topliss-reactive ketones (excluding diaryl/α,β-unsaturated/α-hetero) is 2. The Bertz CT molecular complexity index is 957. The van der Waals surface area contributed by atoms with Crippen LogP contribution in [0.4, 0.5) is 0 Å². The Labute approximate surface area is 184 Å². The van der Waals surface area contributed by atoms with E-state index >= 15 is 0 Å². The maximum absolute atomic E-state index is 13.3. The molecule has 1 heterocycles. The summed E-state index contributed by atoms with van der Waals surface area (Å²) in [6.07, 6.45) is 7.00. The lowest BCUT2D eigenvalue weighted by molar-refractivity contribution is -0.117. The van der Waals surface area contributed by atoms with Crippen molar-refractivity contribution in [3.05, 3.63) is 58.5 Å². The highest BCUT2D eigenvalue weighted by molar-refractivity contribution is 6.06. The number of nitrogens with zero attached hydrogens (tertiary/aromatic N) is 1. The van der Waals surface area contributed by atoms with Crippen molar-refractivity contribution in [2.45, 2.75) is 57.8 Å². The third kappa shape index (κ3) is 3.50. The normalized spacial score (nSPS) is 19.4. The standard InChI is InChI=1S/C26H31NO4/c1-5-9-16-14-17(15-22(30-3)26(16)31-4)23-24-18(10-7-12-20(24)28)27(6-2)19-11-8-13-21(29)25(19)23/h5,14-15,23H,1,6-13H2,2-4H3. The van der Waals surface area contributed by atoms with Crippen molar-refractivity contribution in [2.75, 3.05) is 20.8 Å². The molecule has 0 bridgehead atoms. The fraction of sp³-hybridized carbons (Fsp3) is 0.462. The van der Waals surface area contributed by atoms with E-state index in [-0.39, 0.29) is 17.5 Å². The molecule has 0 amide bonds. The van der Waals surface area contributed by atoms with Gasteiger partial charge in [0.15, 0.2) is 23.1 Å². The average molecular weight is 422 g/mol. The second kappa shape index (κ2) is 8.74. The number of hydrogen-bond acceptors (Lipinski definition) is 5. The molecule has 0 atom stereocenters. The van der Waals surface area contributed by atoms with Crippen LogP contribution in [0.3, 0.4) is 0 Å². The molecule has 1 aromatic carbocycles. The number of ketones is 2. The summed E-state index contributed by atoms with van der Waals surface area (Å²) in [5.41, 5.74) is 5.70. The molecule has 0 unspecified atom stereocenters. The van der Waals surface area contributed by atoms with Crippen molar-refractivity contribution in [1.29, 1.82) is 0 Å². The number of carbonyl (C=O) groups excluding carboxylic acids is 2. The molecule has 0 spiro atoms. The third-order valence-electron chi connectivity index (χ3n) is 6.68. The van der Waals surface area contributed by atoms with E-state index in [9.17, 15) is 9.59 Å². The Morgan fingerprint density at radius 3 is 2.10 bits per heavy atom. The van der Waals surface area contributed by atoms with Gasteiger partial charge in [0.25, 0.3) is 0 Å². The van der Waals surface area contributed by atoms with Gasteiger partial charge < -0.3 is 14.4 Å². The number of methoxy groups -OCH3 is 2. The van der Waals surface area contributed by atoms with Gasteiger partial charge in [-0.1, -0.05) is 12.1 Å². The minimum Gasteiger partial charge on any atom is -0.493 e. The lowest BCUT2D eigenvalue weighted by Crippen LogP contribution is -2.39. The van der Waals surface area contributed by atoms with E-state index in [1.165, 1.54) is 0 Å². The molecule has 31 heavy (non-hydrogen) atoms. The first-order valence-corrected chi connectivity index (χ1v) is 11.2. The second-order valence-corrected chi connectivity index (χ2v) is 8.36. The van der Waals surface area contributed by atoms with Gasteiger partial charge in [0.05, 0.1) is 14.2 Å². The largest absolute Gasteiger partial charge is 0.493 e. The number of ether oxygens (including phenoxy) is 2. The molecule has 0 saturated carbocycles. The van der Waals surface area contributed by atoms with Gasteiger partial charge in [-0.25, -0.2) is 0 Å². The van der Waals surface area contributed by atoms with Gasteiger partial charge in [-0.2, -0.15) is 0 Å². The molecule has 164 valence electrons. The zero-order valence-corrected chi connectivity index (χ0v) is 18.8. The summed E-state index contributed by atoms with van der Waals surface area (Å²) < 4.78 is 11.3. The number of allylic oxidation sites excluding steroid dienone is 5. The van der Waals surface area contributed by atoms with Gasteiger partial charge in [-0.05, 0) is 50.7 Å². The molecule has 5 heteroatoms. The molecule has 0 saturated heterocycles. The van der Waals surface area contributed by atoms with Crippen LogP contribution < -0.4 is 9.47 Å². The molecule has 0 N–H and O–H groups in total. The van der Waals surface area contributed by atoms with Crippen LogP contribution in [0, 0.1) is 0 Å². The van der Waals surface area contributed by atoms with Crippen LogP contribution in [0.15, 0.2) is 47.3 Å². The fourth-order valence-corrected chi connectivity index (χ4v) is 5.47. The summed E-state index contributed by atoms with van der Waals surface area (Å²) in [6.45, 7) is 6.76. The van der Waals surface area contributed by atoms with Crippen LogP contribution in [0.1, 0.15) is 62.5 Å². The first-order chi connectivity index (χ1) is 15.0. The van der Waals surface area contributed by atoms with Crippen LogP contribution in [-0.4, -0.2) is 37.2 Å². The Balaban J connectivity index is 1.99. The van der Waals surface area contributed by atoms with Crippen LogP contribution in [0.2, 0.25) is 0 Å². The van der Waals surface area contributed by atoms with E-state index in [1.54, 1.807) is 14.2 Å². The number of carbonyl (C=O) groups is 2. The maximum Gasteiger partial charge on any atom is 0.164 e. The van der Waals surface area contributed by atoms with E-state index in [0.29, 0.717) is 30.8 Å². The van der Waals surface area contributed by atoms with Crippen molar-refractivity contribution in [3.8, 4) is 11.5 Å². The Kier molecular flexibility index (Phi) is 6.03. The van der Waals surface area contributed by atoms with E-state index < -0.39 is 0 Å². The molecular formula is C26H31NO4. The van der Waals surface area contributed by atoms with Crippen molar-refractivity contribution in [3.63, 3.8) is 0 Å². The highest BCUT2D eigenvalue weighted by Crippen LogP contribution is 2.50. The molecule has 4 rings (SSSR count). The molecule has 1 aromatic rings. The fourth-order valence-electron chi connectivity index (χ4n) is 5.47. The van der Waals surface area contributed by atoms with E-state index in [0.717, 1.165) is 65.9 Å². The quantitative estimate of drug-likeness (QED) is 0.614. The number of benzene rings is 1. The van der Waals surface area contributed by atoms with Crippen LogP contribution in [-0.2, 0) is 16.0 Å². The first kappa shape index (κ1) is 21.4. The lowest BCUT2D eigenvalue weighted by Gasteiger charge is -2.43. The summed E-state index contributed by atoms with van der Waals surface area (Å²) in [6, 6.07) is 4.00. The van der Waals surface area contributed by atoms with Crippen molar-refractivity contribution < 1.29 is 19.1 Å². The molecule has 3 aliphatic rings. The molecule has 1 aliphatic heterocycles. The van der Waals surface area contributed by atoms with E-state index in [4.69, 9.17) is 9.47 Å². The Morgan fingerprint density at radius 1 is 1.00 bits per heavy atom. The molecule has 0 radical (unpaired) electrons. The monoisotopic (exact) mass is 421 g/mol. The smallest absolute Gasteiger partial charge is 0.164 e. The number of hydrogen-bond donors (Lipinski definition) is 0. The second-order valence-electron chi connectivity index (χ2n) is 8.36. The summed E-state index contributed by atoms with van der Waals surface area (Å²) in [5.74, 6) is 1.28. The summed E-state index contributed by atoms with van der Waals surface area (Å²) in [5, 5.41) is 0. The zero-order chi connectivity index (χ0) is 22.1. The summed E-state index contributed by atoms with van der Waals surface area (Å²) in [4.78, 5) is 28.8. The topological polar surface area (TPSA) is 55.8 Å². The van der Waals surface area contributed by atoms with Crippen LogP contribution in [0.5, 0.6) is 11.5 Å². The van der Waals surface area contributed by atoms with Gasteiger partial charge in [0, 0.05) is 53.4 Å². The van der Waals surface area contributed by atoms with E-state index in [2.05, 4.69) is 24.5 Å². The predicted octanol–water partition coefficient (Wildman–Crippen LogP) is 4.87. The Morgan fingerprint density at radius 2 is 1.61 bits per heavy atom. The lowest BCUT2D eigenvalue weighted by atomic mass is 9.70. The SMILES string of the molecule is C=CCc1cc(C2C3=C(CCCC3=O)N(CC)C3=C2C(=O)CCC3)cc(OC)c1OC. The van der Waals surface area contributed by atoms with Crippen molar-refractivity contribution >= 4 is 11.6 Å². The van der Waals surface area contributed by atoms with Gasteiger partial charge in [-0.15, -0.1) is 6.58 Å².